The van der Waals surface area contributed by atoms with E-state index in [2.05, 4.69) is 28.2 Å². The van der Waals surface area contributed by atoms with Crippen LogP contribution in [-0.4, -0.2) is 24.7 Å². The van der Waals surface area contributed by atoms with E-state index in [-0.39, 0.29) is 10.8 Å². The molecule has 0 aliphatic rings. The van der Waals surface area contributed by atoms with Gasteiger partial charge in [0.15, 0.2) is 11.0 Å². The number of aryl methyl sites for hydroxylation is 3. The minimum atomic E-state index is -0.0761. The predicted octanol–water partition coefficient (Wildman–Crippen LogP) is 4.56. The predicted molar refractivity (Wildman–Crippen MR) is 115 cm³/mol. The van der Waals surface area contributed by atoms with Gasteiger partial charge in [0, 0.05) is 17.5 Å². The SMILES string of the molecule is Cc1ccccc1-c1nnc(SC(C)c2nc3sc(C)c(C)c3c(=O)[nH]2)n1C. The molecular formula is C20H21N5OS2. The molecular weight excluding hydrogens is 390 g/mol. The van der Waals surface area contributed by atoms with Gasteiger partial charge < -0.3 is 9.55 Å². The van der Waals surface area contributed by atoms with E-state index in [9.17, 15) is 4.79 Å². The summed E-state index contributed by atoms with van der Waals surface area (Å²) in [6.07, 6.45) is 0. The molecule has 0 bridgehead atoms. The van der Waals surface area contributed by atoms with E-state index in [4.69, 9.17) is 4.98 Å². The molecule has 4 aromatic rings. The van der Waals surface area contributed by atoms with Crippen LogP contribution in [0, 0.1) is 20.8 Å². The Morgan fingerprint density at radius 2 is 1.93 bits per heavy atom. The van der Waals surface area contributed by atoms with Crippen molar-refractivity contribution >= 4 is 33.3 Å². The summed E-state index contributed by atoms with van der Waals surface area (Å²) in [5.41, 5.74) is 3.15. The highest BCUT2D eigenvalue weighted by Gasteiger charge is 2.19. The molecule has 0 amide bonds. The highest BCUT2D eigenvalue weighted by Crippen LogP contribution is 2.35. The molecule has 4 rings (SSSR count). The summed E-state index contributed by atoms with van der Waals surface area (Å²) < 4.78 is 1.99. The van der Waals surface area contributed by atoms with Crippen molar-refractivity contribution in [2.45, 2.75) is 38.1 Å². The maximum absolute atomic E-state index is 12.6. The molecule has 1 N–H and O–H groups in total. The fraction of sp³-hybridized carbons (Fsp3) is 0.300. The molecule has 1 atom stereocenters. The molecule has 0 saturated heterocycles. The maximum atomic E-state index is 12.6. The van der Waals surface area contributed by atoms with E-state index in [1.807, 2.05) is 50.6 Å². The fourth-order valence-corrected chi connectivity index (χ4v) is 5.06. The van der Waals surface area contributed by atoms with Crippen LogP contribution in [0.4, 0.5) is 0 Å². The number of nitrogens with zero attached hydrogens (tertiary/aromatic N) is 4. The van der Waals surface area contributed by atoms with E-state index in [0.29, 0.717) is 11.2 Å². The zero-order valence-electron chi connectivity index (χ0n) is 16.4. The van der Waals surface area contributed by atoms with Gasteiger partial charge in [0.25, 0.3) is 5.56 Å². The Balaban J connectivity index is 1.66. The molecule has 0 aliphatic carbocycles. The highest BCUT2D eigenvalue weighted by atomic mass is 32.2. The number of fused-ring (bicyclic) bond motifs is 1. The van der Waals surface area contributed by atoms with Crippen LogP contribution in [0.25, 0.3) is 21.6 Å². The number of aromatic nitrogens is 5. The quantitative estimate of drug-likeness (QED) is 0.498. The third-order valence-corrected chi connectivity index (χ3v) is 7.19. The molecule has 0 spiro atoms. The van der Waals surface area contributed by atoms with E-state index < -0.39 is 0 Å². The van der Waals surface area contributed by atoms with Gasteiger partial charge >= 0.3 is 0 Å². The Morgan fingerprint density at radius 3 is 2.68 bits per heavy atom. The Bertz CT molecular complexity index is 1240. The van der Waals surface area contributed by atoms with Crippen LogP contribution in [0.2, 0.25) is 0 Å². The number of rotatable bonds is 4. The van der Waals surface area contributed by atoms with Crippen LogP contribution in [0.3, 0.4) is 0 Å². The molecule has 1 aromatic carbocycles. The molecule has 28 heavy (non-hydrogen) atoms. The second-order valence-corrected chi connectivity index (χ2v) is 9.37. The van der Waals surface area contributed by atoms with Gasteiger partial charge in [-0.05, 0) is 38.8 Å². The smallest absolute Gasteiger partial charge is 0.259 e. The zero-order chi connectivity index (χ0) is 20.0. The average molecular weight is 412 g/mol. The normalized spacial score (nSPS) is 12.6. The Morgan fingerprint density at radius 1 is 1.18 bits per heavy atom. The molecule has 3 aromatic heterocycles. The third-order valence-electron chi connectivity index (χ3n) is 4.95. The molecule has 8 heteroatoms. The van der Waals surface area contributed by atoms with Gasteiger partial charge in [-0.1, -0.05) is 36.0 Å². The summed E-state index contributed by atoms with van der Waals surface area (Å²) in [5.74, 6) is 1.48. The summed E-state index contributed by atoms with van der Waals surface area (Å²) in [7, 11) is 1.96. The maximum Gasteiger partial charge on any atom is 0.259 e. The lowest BCUT2D eigenvalue weighted by molar-refractivity contribution is 0.786. The van der Waals surface area contributed by atoms with Gasteiger partial charge in [-0.25, -0.2) is 4.98 Å². The van der Waals surface area contributed by atoms with Crippen LogP contribution in [0.1, 0.15) is 34.0 Å². The van der Waals surface area contributed by atoms with Crippen molar-refractivity contribution in [2.24, 2.45) is 7.05 Å². The highest BCUT2D eigenvalue weighted by molar-refractivity contribution is 7.99. The van der Waals surface area contributed by atoms with Crippen molar-refractivity contribution in [3.8, 4) is 11.4 Å². The first kappa shape index (κ1) is 18.9. The lowest BCUT2D eigenvalue weighted by Gasteiger charge is -2.11. The lowest BCUT2D eigenvalue weighted by Crippen LogP contribution is -2.12. The zero-order valence-corrected chi connectivity index (χ0v) is 18.0. The van der Waals surface area contributed by atoms with E-state index in [1.165, 1.54) is 11.8 Å². The van der Waals surface area contributed by atoms with Gasteiger partial charge in [-0.3, -0.25) is 4.79 Å². The number of thioether (sulfide) groups is 1. The van der Waals surface area contributed by atoms with Gasteiger partial charge in [0.1, 0.15) is 10.7 Å². The largest absolute Gasteiger partial charge is 0.309 e. The topological polar surface area (TPSA) is 76.5 Å². The van der Waals surface area contributed by atoms with Gasteiger partial charge in [-0.15, -0.1) is 21.5 Å². The fourth-order valence-electron chi connectivity index (χ4n) is 3.15. The third kappa shape index (κ3) is 3.16. The van der Waals surface area contributed by atoms with Crippen LogP contribution in [-0.2, 0) is 7.05 Å². The number of benzene rings is 1. The summed E-state index contributed by atoms with van der Waals surface area (Å²) in [4.78, 5) is 22.1. The first-order valence-corrected chi connectivity index (χ1v) is 10.7. The molecule has 0 aliphatic heterocycles. The van der Waals surface area contributed by atoms with E-state index >= 15 is 0 Å². The van der Waals surface area contributed by atoms with Crippen LogP contribution >= 0.6 is 23.1 Å². The van der Waals surface area contributed by atoms with E-state index in [0.717, 1.165) is 37.4 Å². The van der Waals surface area contributed by atoms with Gasteiger partial charge in [0.05, 0.1) is 10.6 Å². The summed E-state index contributed by atoms with van der Waals surface area (Å²) >= 11 is 3.10. The molecule has 3 heterocycles. The van der Waals surface area contributed by atoms with Gasteiger partial charge in [-0.2, -0.15) is 0 Å². The summed E-state index contributed by atoms with van der Waals surface area (Å²) in [6.45, 7) is 8.07. The Hall–Kier alpha value is -2.45. The van der Waals surface area contributed by atoms with E-state index in [1.54, 1.807) is 11.3 Å². The molecule has 6 nitrogen and oxygen atoms in total. The van der Waals surface area contributed by atoms with Crippen molar-refractivity contribution in [2.75, 3.05) is 0 Å². The standard InChI is InChI=1S/C20H21N5OS2/c1-10-8-6-7-9-14(10)17-23-24-20(25(17)5)28-13(4)16-21-18(26)15-11(2)12(3)27-19(15)22-16/h6-9,13H,1-5H3,(H,21,22,26). The first-order valence-electron chi connectivity index (χ1n) is 8.98. The second kappa shape index (κ2) is 7.18. The van der Waals surface area contributed by atoms with Crippen LogP contribution in [0.5, 0.6) is 0 Å². The molecule has 0 radical (unpaired) electrons. The average Bonchev–Trinajstić information content (AvgIpc) is 3.15. The Labute approximate surface area is 171 Å². The second-order valence-electron chi connectivity index (χ2n) is 6.85. The number of H-pyrrole nitrogens is 1. The molecule has 0 saturated carbocycles. The van der Waals surface area contributed by atoms with Crippen LogP contribution in [0.15, 0.2) is 34.2 Å². The number of aromatic amines is 1. The first-order chi connectivity index (χ1) is 13.4. The van der Waals surface area contributed by atoms with Crippen molar-refractivity contribution in [1.82, 2.24) is 24.7 Å². The number of nitrogens with one attached hydrogen (secondary N) is 1. The minimum absolute atomic E-state index is 0.0626. The minimum Gasteiger partial charge on any atom is -0.309 e. The molecule has 0 fully saturated rings. The van der Waals surface area contributed by atoms with Gasteiger partial charge in [0.2, 0.25) is 0 Å². The van der Waals surface area contributed by atoms with Crippen molar-refractivity contribution in [3.63, 3.8) is 0 Å². The van der Waals surface area contributed by atoms with Crippen molar-refractivity contribution in [1.29, 1.82) is 0 Å². The Kier molecular flexibility index (Phi) is 4.84. The monoisotopic (exact) mass is 411 g/mol. The summed E-state index contributed by atoms with van der Waals surface area (Å²) in [5, 5.41) is 10.2. The lowest BCUT2D eigenvalue weighted by atomic mass is 10.1. The van der Waals surface area contributed by atoms with Crippen LogP contribution < -0.4 is 5.56 Å². The summed E-state index contributed by atoms with van der Waals surface area (Å²) in [6, 6.07) is 8.13. The van der Waals surface area contributed by atoms with Crippen molar-refractivity contribution in [3.05, 3.63) is 56.4 Å². The molecule has 144 valence electrons. The number of thiophene rings is 1. The number of hydrogen-bond acceptors (Lipinski definition) is 6. The van der Waals surface area contributed by atoms with Crippen molar-refractivity contribution < 1.29 is 0 Å². The number of hydrogen-bond donors (Lipinski definition) is 1. The molecule has 1 unspecified atom stereocenters.